The Labute approximate surface area is 102 Å². The molecule has 0 spiro atoms. The summed E-state index contributed by atoms with van der Waals surface area (Å²) in [4.78, 5) is 25.0. The van der Waals surface area contributed by atoms with Gasteiger partial charge in [0.15, 0.2) is 0 Å². The third kappa shape index (κ3) is 4.73. The predicted octanol–water partition coefficient (Wildman–Crippen LogP) is 0.276. The Balaban J connectivity index is 2.46. The quantitative estimate of drug-likeness (QED) is 0.743. The van der Waals surface area contributed by atoms with Gasteiger partial charge in [-0.2, -0.15) is 0 Å². The van der Waals surface area contributed by atoms with Crippen molar-refractivity contribution in [2.75, 3.05) is 19.7 Å². The topological polar surface area (TPSA) is 69.6 Å². The number of aliphatic hydroxyl groups excluding tert-OH is 1. The molecule has 0 radical (unpaired) electrons. The van der Waals surface area contributed by atoms with E-state index in [4.69, 9.17) is 5.11 Å². The second-order valence-electron chi connectivity index (χ2n) is 5.22. The molecule has 0 unspecified atom stereocenters. The van der Waals surface area contributed by atoms with Crippen molar-refractivity contribution in [3.63, 3.8) is 0 Å². The molecule has 0 aromatic rings. The summed E-state index contributed by atoms with van der Waals surface area (Å²) in [6.07, 6.45) is 3.46. The number of carbonyl (C=O) groups is 2. The van der Waals surface area contributed by atoms with Crippen LogP contribution in [0.5, 0.6) is 0 Å². The highest BCUT2D eigenvalue weighted by Gasteiger charge is 2.23. The first-order chi connectivity index (χ1) is 7.94. The van der Waals surface area contributed by atoms with Gasteiger partial charge in [0.05, 0.1) is 18.7 Å². The number of likely N-dealkylation sites (tertiary alicyclic amines) is 1. The van der Waals surface area contributed by atoms with E-state index in [-0.39, 0.29) is 25.0 Å². The Morgan fingerprint density at radius 3 is 2.76 bits per heavy atom. The van der Waals surface area contributed by atoms with Crippen LogP contribution in [0.4, 0.5) is 0 Å². The molecule has 1 heterocycles. The largest absolute Gasteiger partial charge is 0.394 e. The average Bonchev–Trinajstić information content (AvgIpc) is 2.44. The number of nitrogens with zero attached hydrogens (tertiary/aromatic N) is 1. The summed E-state index contributed by atoms with van der Waals surface area (Å²) in [5.41, 5.74) is -0.633. The maximum absolute atomic E-state index is 11.7. The third-order valence-corrected chi connectivity index (χ3v) is 2.88. The van der Waals surface area contributed by atoms with Crippen LogP contribution in [0, 0.1) is 0 Å². The molecule has 1 rings (SSSR count). The molecular formula is C12H22N2O3. The lowest BCUT2D eigenvalue weighted by Crippen LogP contribution is -2.50. The van der Waals surface area contributed by atoms with Gasteiger partial charge in [0.25, 0.3) is 0 Å². The monoisotopic (exact) mass is 242 g/mol. The highest BCUT2D eigenvalue weighted by atomic mass is 16.3. The van der Waals surface area contributed by atoms with Crippen molar-refractivity contribution in [3.8, 4) is 0 Å². The maximum atomic E-state index is 11.7. The second-order valence-corrected chi connectivity index (χ2v) is 5.22. The van der Waals surface area contributed by atoms with Crippen LogP contribution in [0.15, 0.2) is 0 Å². The van der Waals surface area contributed by atoms with Gasteiger partial charge in [0.2, 0.25) is 11.8 Å². The molecule has 2 amide bonds. The van der Waals surface area contributed by atoms with Gasteiger partial charge < -0.3 is 15.3 Å². The minimum absolute atomic E-state index is 0.0551. The van der Waals surface area contributed by atoms with E-state index in [0.29, 0.717) is 13.0 Å². The van der Waals surface area contributed by atoms with Crippen molar-refractivity contribution >= 4 is 11.8 Å². The van der Waals surface area contributed by atoms with Gasteiger partial charge in [-0.3, -0.25) is 9.59 Å². The maximum Gasteiger partial charge on any atom is 0.240 e. The van der Waals surface area contributed by atoms with Crippen molar-refractivity contribution in [1.82, 2.24) is 10.2 Å². The molecule has 0 aliphatic carbocycles. The van der Waals surface area contributed by atoms with E-state index in [1.54, 1.807) is 18.7 Å². The molecular weight excluding hydrogens is 220 g/mol. The summed E-state index contributed by atoms with van der Waals surface area (Å²) in [5, 5.41) is 11.8. The summed E-state index contributed by atoms with van der Waals surface area (Å²) >= 11 is 0. The van der Waals surface area contributed by atoms with Crippen LogP contribution in [-0.4, -0.2) is 47.1 Å². The molecule has 17 heavy (non-hydrogen) atoms. The average molecular weight is 242 g/mol. The van der Waals surface area contributed by atoms with Gasteiger partial charge in [0, 0.05) is 13.0 Å². The van der Waals surface area contributed by atoms with E-state index < -0.39 is 5.54 Å². The molecule has 0 bridgehead atoms. The number of aliphatic hydroxyl groups is 1. The fourth-order valence-electron chi connectivity index (χ4n) is 1.84. The fraction of sp³-hybridized carbons (Fsp3) is 0.833. The highest BCUT2D eigenvalue weighted by Crippen LogP contribution is 2.11. The van der Waals surface area contributed by atoms with Crippen LogP contribution in [0.25, 0.3) is 0 Å². The van der Waals surface area contributed by atoms with Gasteiger partial charge in [-0.25, -0.2) is 0 Å². The Hall–Kier alpha value is -1.10. The zero-order valence-electron chi connectivity index (χ0n) is 10.7. The molecule has 5 heteroatoms. The van der Waals surface area contributed by atoms with Gasteiger partial charge in [-0.15, -0.1) is 0 Å². The first kappa shape index (κ1) is 14.0. The van der Waals surface area contributed by atoms with E-state index in [2.05, 4.69) is 5.32 Å². The first-order valence-corrected chi connectivity index (χ1v) is 6.14. The molecule has 0 atom stereocenters. The summed E-state index contributed by atoms with van der Waals surface area (Å²) in [7, 11) is 0. The van der Waals surface area contributed by atoms with E-state index in [9.17, 15) is 9.59 Å². The van der Waals surface area contributed by atoms with E-state index in [1.807, 2.05) is 0 Å². The Bertz CT molecular complexity index is 289. The number of rotatable bonds is 4. The molecule has 5 nitrogen and oxygen atoms in total. The van der Waals surface area contributed by atoms with Gasteiger partial charge >= 0.3 is 0 Å². The number of carbonyl (C=O) groups excluding carboxylic acids is 2. The number of hydrogen-bond donors (Lipinski definition) is 2. The van der Waals surface area contributed by atoms with Crippen LogP contribution >= 0.6 is 0 Å². The van der Waals surface area contributed by atoms with Crippen molar-refractivity contribution in [2.24, 2.45) is 0 Å². The zero-order valence-corrected chi connectivity index (χ0v) is 10.7. The summed E-state index contributed by atoms with van der Waals surface area (Å²) in [6.45, 7) is 4.13. The van der Waals surface area contributed by atoms with Gasteiger partial charge in [-0.1, -0.05) is 6.42 Å². The molecule has 1 fully saturated rings. The first-order valence-electron chi connectivity index (χ1n) is 6.14. The molecule has 98 valence electrons. The summed E-state index contributed by atoms with van der Waals surface area (Å²) in [6, 6.07) is 0. The van der Waals surface area contributed by atoms with Crippen molar-refractivity contribution in [2.45, 2.75) is 45.1 Å². The van der Waals surface area contributed by atoms with Crippen molar-refractivity contribution in [1.29, 1.82) is 0 Å². The predicted molar refractivity (Wildman–Crippen MR) is 64.4 cm³/mol. The van der Waals surface area contributed by atoms with Gasteiger partial charge in [-0.05, 0) is 26.7 Å². The number of nitrogens with one attached hydrogen (secondary N) is 1. The molecule has 0 saturated carbocycles. The van der Waals surface area contributed by atoms with E-state index in [0.717, 1.165) is 19.3 Å². The van der Waals surface area contributed by atoms with Crippen molar-refractivity contribution in [3.05, 3.63) is 0 Å². The van der Waals surface area contributed by atoms with Crippen molar-refractivity contribution < 1.29 is 14.7 Å². The SMILES string of the molecule is CC(C)(CO)NC(=O)CN1CCCCCC1=O. The smallest absolute Gasteiger partial charge is 0.240 e. The van der Waals surface area contributed by atoms with Gasteiger partial charge in [0.1, 0.15) is 0 Å². The summed E-state index contributed by atoms with van der Waals surface area (Å²) in [5.74, 6) is -0.154. The zero-order chi connectivity index (χ0) is 12.9. The minimum Gasteiger partial charge on any atom is -0.394 e. The Morgan fingerprint density at radius 2 is 2.12 bits per heavy atom. The fourth-order valence-corrected chi connectivity index (χ4v) is 1.84. The lowest BCUT2D eigenvalue weighted by Gasteiger charge is -2.26. The van der Waals surface area contributed by atoms with Crippen LogP contribution in [-0.2, 0) is 9.59 Å². The van der Waals surface area contributed by atoms with Crippen LogP contribution in [0.3, 0.4) is 0 Å². The molecule has 0 aromatic heterocycles. The number of hydrogen-bond acceptors (Lipinski definition) is 3. The molecule has 2 N–H and O–H groups in total. The molecule has 0 aromatic carbocycles. The van der Waals surface area contributed by atoms with Crippen LogP contribution in [0.1, 0.15) is 39.5 Å². The Morgan fingerprint density at radius 1 is 1.41 bits per heavy atom. The normalized spacial score (nSPS) is 17.8. The third-order valence-electron chi connectivity index (χ3n) is 2.88. The summed E-state index contributed by atoms with van der Waals surface area (Å²) < 4.78 is 0. The molecule has 1 saturated heterocycles. The molecule has 1 aliphatic rings. The van der Waals surface area contributed by atoms with Crippen LogP contribution < -0.4 is 5.32 Å². The lowest BCUT2D eigenvalue weighted by molar-refractivity contribution is -0.136. The van der Waals surface area contributed by atoms with E-state index >= 15 is 0 Å². The second kappa shape index (κ2) is 6.00. The van der Waals surface area contributed by atoms with Crippen LogP contribution in [0.2, 0.25) is 0 Å². The Kier molecular flexibility index (Phi) is 4.93. The minimum atomic E-state index is -0.633. The standard InChI is InChI=1S/C12H22N2O3/c1-12(2,9-15)13-10(16)8-14-7-5-3-4-6-11(14)17/h15H,3-9H2,1-2H3,(H,13,16). The highest BCUT2D eigenvalue weighted by molar-refractivity contribution is 5.85. The lowest BCUT2D eigenvalue weighted by atomic mass is 10.1. The molecule has 1 aliphatic heterocycles. The van der Waals surface area contributed by atoms with E-state index in [1.165, 1.54) is 0 Å². The number of amides is 2.